The van der Waals surface area contributed by atoms with E-state index in [1.165, 1.54) is 24.3 Å². The number of rotatable bonds is 1. The summed E-state index contributed by atoms with van der Waals surface area (Å²) in [5.41, 5.74) is 8.62. The van der Waals surface area contributed by atoms with Crippen LogP contribution in [0.3, 0.4) is 0 Å². The molecule has 0 unspecified atom stereocenters. The van der Waals surface area contributed by atoms with Crippen molar-refractivity contribution in [3.63, 3.8) is 0 Å². The minimum absolute atomic E-state index is 0.363. The van der Waals surface area contributed by atoms with Crippen LogP contribution in [0.2, 0.25) is 0 Å². The maximum atomic E-state index is 10.3. The molecule has 0 spiro atoms. The lowest BCUT2D eigenvalue weighted by Crippen LogP contribution is -2.11. The molecule has 0 amide bonds. The normalized spacial score (nSPS) is 21.5. The van der Waals surface area contributed by atoms with Crippen molar-refractivity contribution >= 4 is 11.7 Å². The Hall–Kier alpha value is -1.67. The number of allylic oxidation sites excluding steroid dienone is 2. The summed E-state index contributed by atoms with van der Waals surface area (Å²) in [6.07, 6.45) is 5.83. The van der Waals surface area contributed by atoms with Crippen LogP contribution in [-0.4, -0.2) is 21.6 Å². The van der Waals surface area contributed by atoms with E-state index in [4.69, 9.17) is 10.6 Å². The highest BCUT2D eigenvalue weighted by atomic mass is 16.4. The predicted molar refractivity (Wildman–Crippen MR) is 38.0 cm³/mol. The fourth-order valence-corrected chi connectivity index (χ4v) is 0.756. The summed E-state index contributed by atoms with van der Waals surface area (Å²) in [6.45, 7) is 0. The second-order valence-corrected chi connectivity index (χ2v) is 2.11. The van der Waals surface area contributed by atoms with E-state index < -0.39 is 11.9 Å². The molecular weight excluding hydrogens is 144 g/mol. The third kappa shape index (κ3) is 1.63. The van der Waals surface area contributed by atoms with Crippen molar-refractivity contribution in [1.82, 2.24) is 0 Å². The van der Waals surface area contributed by atoms with Crippen LogP contribution in [0.1, 0.15) is 0 Å². The van der Waals surface area contributed by atoms with Crippen molar-refractivity contribution in [2.75, 3.05) is 0 Å². The number of nitrogens with zero attached hydrogens (tertiary/aromatic N) is 2. The molecule has 0 bridgehead atoms. The zero-order valence-corrected chi connectivity index (χ0v) is 5.64. The van der Waals surface area contributed by atoms with Gasteiger partial charge < -0.3 is 10.6 Å². The lowest BCUT2D eigenvalue weighted by molar-refractivity contribution is -0.138. The van der Waals surface area contributed by atoms with Crippen molar-refractivity contribution in [2.45, 2.75) is 0 Å². The second-order valence-electron chi connectivity index (χ2n) is 2.11. The molecule has 1 N–H and O–H groups in total. The molecule has 0 saturated carbocycles. The van der Waals surface area contributed by atoms with Gasteiger partial charge in [-0.15, -0.1) is 0 Å². The molecular formula is C7H6N2O2. The Kier molecular flexibility index (Phi) is 1.99. The topological polar surface area (TPSA) is 73.7 Å². The van der Waals surface area contributed by atoms with Crippen LogP contribution in [0.25, 0.3) is 5.53 Å². The van der Waals surface area contributed by atoms with Crippen molar-refractivity contribution in [3.8, 4) is 0 Å². The molecule has 0 heterocycles. The highest BCUT2D eigenvalue weighted by Gasteiger charge is 2.15. The summed E-state index contributed by atoms with van der Waals surface area (Å²) in [5, 5.41) is 8.49. The van der Waals surface area contributed by atoms with Crippen molar-refractivity contribution in [2.24, 2.45) is 5.92 Å². The van der Waals surface area contributed by atoms with Gasteiger partial charge in [0.1, 0.15) is 0 Å². The molecule has 4 nitrogen and oxygen atoms in total. The molecule has 1 rings (SSSR count). The maximum absolute atomic E-state index is 10.3. The molecule has 1 aliphatic rings. The number of hydrogen-bond donors (Lipinski definition) is 1. The third-order valence-electron chi connectivity index (χ3n) is 1.35. The number of carboxylic acids is 1. The number of hydrogen-bond acceptors (Lipinski definition) is 1. The van der Waals surface area contributed by atoms with Gasteiger partial charge in [0.15, 0.2) is 0 Å². The summed E-state index contributed by atoms with van der Waals surface area (Å²) in [7, 11) is 0. The Balaban J connectivity index is 2.80. The summed E-state index contributed by atoms with van der Waals surface area (Å²) >= 11 is 0. The lowest BCUT2D eigenvalue weighted by Gasteiger charge is -2.00. The molecule has 0 aromatic heterocycles. The van der Waals surface area contributed by atoms with Crippen molar-refractivity contribution < 1.29 is 14.7 Å². The molecule has 0 aromatic rings. The van der Waals surface area contributed by atoms with E-state index in [9.17, 15) is 4.79 Å². The number of carbonyl (C=O) groups is 1. The second kappa shape index (κ2) is 2.94. The van der Waals surface area contributed by atoms with Gasteiger partial charge in [-0.05, 0) is 0 Å². The van der Waals surface area contributed by atoms with E-state index in [1.54, 1.807) is 0 Å². The molecule has 1 aliphatic carbocycles. The van der Waals surface area contributed by atoms with E-state index in [0.717, 1.165) is 0 Å². The number of aliphatic carboxylic acids is 1. The molecule has 56 valence electrons. The zero-order chi connectivity index (χ0) is 8.27. The quantitative estimate of drug-likeness (QED) is 0.436. The smallest absolute Gasteiger partial charge is 0.314 e. The van der Waals surface area contributed by atoms with Gasteiger partial charge in [0.05, 0.1) is 5.92 Å². The highest BCUT2D eigenvalue weighted by molar-refractivity contribution is 6.01. The van der Waals surface area contributed by atoms with E-state index in [1.807, 2.05) is 0 Å². The molecule has 0 saturated heterocycles. The lowest BCUT2D eigenvalue weighted by atomic mass is 10.0. The van der Waals surface area contributed by atoms with Crippen LogP contribution in [0, 0.1) is 5.92 Å². The van der Waals surface area contributed by atoms with Gasteiger partial charge in [0, 0.05) is 12.2 Å². The summed E-state index contributed by atoms with van der Waals surface area (Å²) < 4.78 is 0. The Labute approximate surface area is 63.1 Å². The molecule has 0 fully saturated rings. The SMILES string of the molecule is [N-]=[N+]=C1C=CC(C(=O)O)C=C1. The molecule has 0 radical (unpaired) electrons. The monoisotopic (exact) mass is 150 g/mol. The van der Waals surface area contributed by atoms with E-state index in [2.05, 4.69) is 4.79 Å². The summed E-state index contributed by atoms with van der Waals surface area (Å²) in [5.74, 6) is -1.50. The van der Waals surface area contributed by atoms with Gasteiger partial charge in [-0.1, -0.05) is 12.2 Å². The summed E-state index contributed by atoms with van der Waals surface area (Å²) in [6, 6.07) is 0. The predicted octanol–water partition coefficient (Wildman–Crippen LogP) is 0.484. The van der Waals surface area contributed by atoms with Gasteiger partial charge in [0.25, 0.3) is 0 Å². The fraction of sp³-hybridized carbons (Fsp3) is 0.143. The van der Waals surface area contributed by atoms with Crippen LogP contribution in [0.15, 0.2) is 24.3 Å². The van der Waals surface area contributed by atoms with Crippen molar-refractivity contribution in [3.05, 3.63) is 29.8 Å². The van der Waals surface area contributed by atoms with E-state index in [-0.39, 0.29) is 0 Å². The first-order chi connectivity index (χ1) is 5.24. The van der Waals surface area contributed by atoms with Crippen LogP contribution in [-0.2, 0) is 4.79 Å². The average Bonchev–Trinajstić information content (AvgIpc) is 2.05. The van der Waals surface area contributed by atoms with E-state index in [0.29, 0.717) is 5.71 Å². The van der Waals surface area contributed by atoms with Crippen LogP contribution in [0.4, 0.5) is 0 Å². The van der Waals surface area contributed by atoms with Gasteiger partial charge in [0.2, 0.25) is 0 Å². The Morgan fingerprint density at radius 1 is 1.55 bits per heavy atom. The first-order valence-corrected chi connectivity index (χ1v) is 3.05. The largest absolute Gasteiger partial charge is 0.481 e. The Morgan fingerprint density at radius 3 is 2.45 bits per heavy atom. The average molecular weight is 150 g/mol. The van der Waals surface area contributed by atoms with Gasteiger partial charge in [-0.3, -0.25) is 4.79 Å². The molecule has 0 atom stereocenters. The van der Waals surface area contributed by atoms with E-state index >= 15 is 0 Å². The molecule has 0 aromatic carbocycles. The first-order valence-electron chi connectivity index (χ1n) is 3.05. The zero-order valence-electron chi connectivity index (χ0n) is 5.64. The Morgan fingerprint density at radius 2 is 2.09 bits per heavy atom. The van der Waals surface area contributed by atoms with Gasteiger partial charge >= 0.3 is 11.7 Å². The molecule has 11 heavy (non-hydrogen) atoms. The molecule has 4 heteroatoms. The first kappa shape index (κ1) is 7.44. The summed E-state index contributed by atoms with van der Waals surface area (Å²) in [4.78, 5) is 13.2. The Bertz CT molecular complexity index is 269. The molecule has 0 aliphatic heterocycles. The standard InChI is InChI=1S/C7H6N2O2/c8-9-6-3-1-5(2-4-6)7(10)11/h1-5H,(H,10,11). The third-order valence-corrected chi connectivity index (χ3v) is 1.35. The highest BCUT2D eigenvalue weighted by Crippen LogP contribution is 2.06. The number of carboxylic acid groups (broad SMARTS) is 1. The van der Waals surface area contributed by atoms with Crippen LogP contribution in [0.5, 0.6) is 0 Å². The van der Waals surface area contributed by atoms with Crippen LogP contribution < -0.4 is 0 Å². The van der Waals surface area contributed by atoms with Crippen molar-refractivity contribution in [1.29, 1.82) is 0 Å². The fourth-order valence-electron chi connectivity index (χ4n) is 0.756. The van der Waals surface area contributed by atoms with Crippen LogP contribution >= 0.6 is 0 Å². The van der Waals surface area contributed by atoms with Gasteiger partial charge in [-0.25, -0.2) is 0 Å². The maximum Gasteiger partial charge on any atom is 0.314 e. The minimum atomic E-state index is -0.908. The van der Waals surface area contributed by atoms with Gasteiger partial charge in [-0.2, -0.15) is 4.79 Å². The minimum Gasteiger partial charge on any atom is -0.481 e.